The summed E-state index contributed by atoms with van der Waals surface area (Å²) >= 11 is 0. The molecule has 8 nitrogen and oxygen atoms in total. The number of nitrogens with zero attached hydrogens (tertiary/aromatic N) is 1. The summed E-state index contributed by atoms with van der Waals surface area (Å²) in [7, 11) is 0. The monoisotopic (exact) mass is 309 g/mol. The quantitative estimate of drug-likeness (QED) is 0.340. The van der Waals surface area contributed by atoms with E-state index in [0.717, 1.165) is 0 Å². The first-order valence-corrected chi connectivity index (χ1v) is 6.68. The smallest absolute Gasteiger partial charge is 0.316 e. The first kappa shape index (κ1) is 15.7. The lowest BCUT2D eigenvalue weighted by Crippen LogP contribution is -2.26. The van der Waals surface area contributed by atoms with Gasteiger partial charge in [-0.1, -0.05) is 0 Å². The third-order valence-electron chi connectivity index (χ3n) is 3.26. The number of esters is 1. The number of fused-ring (bicyclic) bond motifs is 1. The van der Waals surface area contributed by atoms with Crippen LogP contribution in [0.25, 0.3) is 0 Å². The average molecular weight is 309 g/mol. The molecule has 2 rings (SSSR count). The number of carbonyl (C=O) groups is 2. The van der Waals surface area contributed by atoms with Crippen LogP contribution in [0.5, 0.6) is 11.5 Å². The maximum absolute atomic E-state index is 11.8. The Morgan fingerprint density at radius 1 is 1.36 bits per heavy atom. The molecule has 0 N–H and O–H groups in total. The standard InChI is InChI=1S/C14H15NO7/c1-3-20-14(17)10(8(2)16)4-9-5-12-13(22-7-21-12)6-11(9)15(18)19/h5-6,10H,3-4,7H2,1-2H3. The summed E-state index contributed by atoms with van der Waals surface area (Å²) < 4.78 is 15.1. The van der Waals surface area contributed by atoms with Crippen molar-refractivity contribution in [2.24, 2.45) is 5.92 Å². The summed E-state index contributed by atoms with van der Waals surface area (Å²) in [5, 5.41) is 11.2. The van der Waals surface area contributed by atoms with Gasteiger partial charge in [0.2, 0.25) is 6.79 Å². The molecular formula is C14H15NO7. The van der Waals surface area contributed by atoms with Gasteiger partial charge >= 0.3 is 5.97 Å². The number of ether oxygens (including phenoxy) is 3. The normalized spacial score (nSPS) is 13.5. The maximum atomic E-state index is 11.8. The molecule has 0 radical (unpaired) electrons. The predicted octanol–water partition coefficient (Wildman–Crippen LogP) is 1.63. The molecular weight excluding hydrogens is 294 g/mol. The number of hydrogen-bond donors (Lipinski definition) is 0. The van der Waals surface area contributed by atoms with Gasteiger partial charge in [0, 0.05) is 5.56 Å². The van der Waals surface area contributed by atoms with Gasteiger partial charge in [0.15, 0.2) is 11.5 Å². The molecule has 1 atom stereocenters. The van der Waals surface area contributed by atoms with E-state index in [1.54, 1.807) is 6.92 Å². The molecule has 1 aromatic rings. The number of nitro groups is 1. The molecule has 1 aliphatic rings. The van der Waals surface area contributed by atoms with Crippen molar-refractivity contribution >= 4 is 17.4 Å². The van der Waals surface area contributed by atoms with Crippen LogP contribution in [-0.2, 0) is 20.7 Å². The van der Waals surface area contributed by atoms with E-state index in [0.29, 0.717) is 5.75 Å². The molecule has 1 heterocycles. The third-order valence-corrected chi connectivity index (χ3v) is 3.26. The Labute approximate surface area is 126 Å². The fourth-order valence-corrected chi connectivity index (χ4v) is 2.16. The van der Waals surface area contributed by atoms with Gasteiger partial charge in [-0.15, -0.1) is 0 Å². The molecule has 22 heavy (non-hydrogen) atoms. The number of ketones is 1. The molecule has 0 aliphatic carbocycles. The van der Waals surface area contributed by atoms with Crippen molar-refractivity contribution in [1.29, 1.82) is 0 Å². The zero-order valence-corrected chi connectivity index (χ0v) is 12.2. The largest absolute Gasteiger partial charge is 0.465 e. The van der Waals surface area contributed by atoms with Crippen molar-refractivity contribution in [3.8, 4) is 11.5 Å². The van der Waals surface area contributed by atoms with Gasteiger partial charge in [0.1, 0.15) is 11.7 Å². The molecule has 118 valence electrons. The van der Waals surface area contributed by atoms with Crippen LogP contribution >= 0.6 is 0 Å². The van der Waals surface area contributed by atoms with Gasteiger partial charge < -0.3 is 14.2 Å². The highest BCUT2D eigenvalue weighted by Gasteiger charge is 2.30. The van der Waals surface area contributed by atoms with E-state index in [1.807, 2.05) is 0 Å². The van der Waals surface area contributed by atoms with Gasteiger partial charge in [0.05, 0.1) is 17.6 Å². The first-order chi connectivity index (χ1) is 10.4. The highest BCUT2D eigenvalue weighted by atomic mass is 16.7. The average Bonchev–Trinajstić information content (AvgIpc) is 2.90. The van der Waals surface area contributed by atoms with Gasteiger partial charge in [0.25, 0.3) is 5.69 Å². The van der Waals surface area contributed by atoms with Crippen LogP contribution < -0.4 is 9.47 Å². The molecule has 8 heteroatoms. The second-order valence-electron chi connectivity index (χ2n) is 4.71. The number of nitro benzene ring substituents is 1. The molecule has 1 aliphatic heterocycles. The lowest BCUT2D eigenvalue weighted by molar-refractivity contribution is -0.385. The lowest BCUT2D eigenvalue weighted by atomic mass is 9.94. The fraction of sp³-hybridized carbons (Fsp3) is 0.429. The summed E-state index contributed by atoms with van der Waals surface area (Å²) in [4.78, 5) is 34.1. The summed E-state index contributed by atoms with van der Waals surface area (Å²) in [6, 6.07) is 2.66. The SMILES string of the molecule is CCOC(=O)C(Cc1cc2c(cc1[N+](=O)[O-])OCO2)C(C)=O. The molecule has 0 saturated heterocycles. The molecule has 0 saturated carbocycles. The Bertz CT molecular complexity index is 626. The van der Waals surface area contributed by atoms with Crippen LogP contribution in [0.15, 0.2) is 12.1 Å². The second-order valence-corrected chi connectivity index (χ2v) is 4.71. The van der Waals surface area contributed by atoms with E-state index in [2.05, 4.69) is 0 Å². The molecule has 0 fully saturated rings. The van der Waals surface area contributed by atoms with Gasteiger partial charge in [-0.3, -0.25) is 19.7 Å². The van der Waals surface area contributed by atoms with Crippen molar-refractivity contribution in [2.45, 2.75) is 20.3 Å². The van der Waals surface area contributed by atoms with Crippen LogP contribution in [0.2, 0.25) is 0 Å². The van der Waals surface area contributed by atoms with Crippen molar-refractivity contribution in [2.75, 3.05) is 13.4 Å². The second kappa shape index (κ2) is 6.42. The number of rotatable bonds is 6. The maximum Gasteiger partial charge on any atom is 0.316 e. The highest BCUT2D eigenvalue weighted by molar-refractivity contribution is 5.98. The van der Waals surface area contributed by atoms with Gasteiger partial charge in [-0.05, 0) is 26.3 Å². The molecule has 0 bridgehead atoms. The number of benzene rings is 1. The topological polar surface area (TPSA) is 105 Å². The Morgan fingerprint density at radius 3 is 2.55 bits per heavy atom. The number of Topliss-reactive ketones (excluding diaryl/α,β-unsaturated/α-hetero) is 1. The minimum Gasteiger partial charge on any atom is -0.465 e. The van der Waals surface area contributed by atoms with Crippen LogP contribution in [-0.4, -0.2) is 30.1 Å². The minimum absolute atomic E-state index is 0.0239. The van der Waals surface area contributed by atoms with Gasteiger partial charge in [-0.25, -0.2) is 0 Å². The number of carbonyl (C=O) groups excluding carboxylic acids is 2. The van der Waals surface area contributed by atoms with Crippen LogP contribution in [0.1, 0.15) is 19.4 Å². The first-order valence-electron chi connectivity index (χ1n) is 6.68. The van der Waals surface area contributed by atoms with E-state index in [1.165, 1.54) is 19.1 Å². The molecule has 0 aromatic heterocycles. The van der Waals surface area contributed by atoms with E-state index >= 15 is 0 Å². The predicted molar refractivity (Wildman–Crippen MR) is 73.7 cm³/mol. The van der Waals surface area contributed by atoms with Crippen LogP contribution in [0, 0.1) is 16.0 Å². The van der Waals surface area contributed by atoms with Crippen molar-refractivity contribution in [3.63, 3.8) is 0 Å². The Balaban J connectivity index is 2.36. The van der Waals surface area contributed by atoms with E-state index in [9.17, 15) is 19.7 Å². The van der Waals surface area contributed by atoms with Crippen molar-refractivity contribution < 1.29 is 28.7 Å². The number of hydrogen-bond acceptors (Lipinski definition) is 7. The molecule has 0 spiro atoms. The summed E-state index contributed by atoms with van der Waals surface area (Å²) in [6.07, 6.45) is -0.124. The Kier molecular flexibility index (Phi) is 4.59. The zero-order chi connectivity index (χ0) is 16.3. The van der Waals surface area contributed by atoms with Gasteiger partial charge in [-0.2, -0.15) is 0 Å². The fourth-order valence-electron chi connectivity index (χ4n) is 2.16. The molecule has 0 amide bonds. The van der Waals surface area contributed by atoms with E-state index in [-0.39, 0.29) is 36.8 Å². The van der Waals surface area contributed by atoms with E-state index in [4.69, 9.17) is 14.2 Å². The Hall–Kier alpha value is -2.64. The summed E-state index contributed by atoms with van der Waals surface area (Å²) in [6.45, 7) is 2.98. The molecule has 1 aromatic carbocycles. The lowest BCUT2D eigenvalue weighted by Gasteiger charge is -2.13. The molecule has 1 unspecified atom stereocenters. The van der Waals surface area contributed by atoms with Crippen molar-refractivity contribution in [3.05, 3.63) is 27.8 Å². The Morgan fingerprint density at radius 2 is 2.00 bits per heavy atom. The van der Waals surface area contributed by atoms with Crippen LogP contribution in [0.3, 0.4) is 0 Å². The van der Waals surface area contributed by atoms with E-state index < -0.39 is 22.6 Å². The highest BCUT2D eigenvalue weighted by Crippen LogP contribution is 2.38. The van der Waals surface area contributed by atoms with Crippen LogP contribution in [0.4, 0.5) is 5.69 Å². The summed E-state index contributed by atoms with van der Waals surface area (Å²) in [5.74, 6) is -1.57. The minimum atomic E-state index is -1.08. The zero-order valence-electron chi connectivity index (χ0n) is 12.2. The van der Waals surface area contributed by atoms with Crippen molar-refractivity contribution in [1.82, 2.24) is 0 Å². The summed E-state index contributed by atoms with van der Waals surface area (Å²) in [5.41, 5.74) is 0.00213. The third kappa shape index (κ3) is 3.16.